The highest BCUT2D eigenvalue weighted by molar-refractivity contribution is 7.92. The Morgan fingerprint density at radius 2 is 2.00 bits per heavy atom. The van der Waals surface area contributed by atoms with Gasteiger partial charge in [0.2, 0.25) is 0 Å². The number of fused-ring (bicyclic) bond motifs is 1. The Bertz CT molecular complexity index is 1590. The SMILES string of the molecule is C/C(=C\c1ccc2c(c1)N(S(=O)(=O)c1cccc(C)c1)C[C@H](CCn1ccnn1)O2)c1c(F)cccc1Cl. The van der Waals surface area contributed by atoms with E-state index in [0.29, 0.717) is 46.1 Å². The fourth-order valence-electron chi connectivity index (χ4n) is 4.52. The van der Waals surface area contributed by atoms with Crippen LogP contribution in [0.5, 0.6) is 5.75 Å². The minimum absolute atomic E-state index is 0.128. The molecule has 10 heteroatoms. The first kappa shape index (κ1) is 25.9. The van der Waals surface area contributed by atoms with E-state index in [0.717, 1.165) is 5.56 Å². The Hall–Kier alpha value is -3.69. The van der Waals surface area contributed by atoms with Gasteiger partial charge in [0.1, 0.15) is 17.7 Å². The maximum absolute atomic E-state index is 14.5. The summed E-state index contributed by atoms with van der Waals surface area (Å²) in [6.07, 6.45) is 5.26. The van der Waals surface area contributed by atoms with Crippen LogP contribution in [0.25, 0.3) is 11.6 Å². The molecule has 5 rings (SSSR count). The first-order chi connectivity index (χ1) is 18.2. The van der Waals surface area contributed by atoms with Crippen LogP contribution in [-0.2, 0) is 16.6 Å². The molecule has 0 unspecified atom stereocenters. The van der Waals surface area contributed by atoms with Crippen LogP contribution in [0.15, 0.2) is 78.0 Å². The molecule has 3 aromatic carbocycles. The molecule has 1 aliphatic heterocycles. The molecule has 0 spiro atoms. The van der Waals surface area contributed by atoms with E-state index in [-0.39, 0.29) is 11.4 Å². The highest BCUT2D eigenvalue weighted by Gasteiger charge is 2.34. The number of hydrogen-bond donors (Lipinski definition) is 0. The molecule has 1 aliphatic rings. The van der Waals surface area contributed by atoms with Crippen molar-refractivity contribution in [2.24, 2.45) is 0 Å². The van der Waals surface area contributed by atoms with Gasteiger partial charge in [0.15, 0.2) is 0 Å². The minimum Gasteiger partial charge on any atom is -0.486 e. The lowest BCUT2D eigenvalue weighted by molar-refractivity contribution is 0.181. The molecule has 1 atom stereocenters. The molecule has 7 nitrogen and oxygen atoms in total. The fourth-order valence-corrected chi connectivity index (χ4v) is 6.44. The van der Waals surface area contributed by atoms with Crippen molar-refractivity contribution in [2.45, 2.75) is 37.8 Å². The number of rotatable bonds is 7. The number of halogens is 2. The summed E-state index contributed by atoms with van der Waals surface area (Å²) < 4.78 is 51.6. The lowest BCUT2D eigenvalue weighted by atomic mass is 10.0. The third kappa shape index (κ3) is 5.30. The van der Waals surface area contributed by atoms with Crippen molar-refractivity contribution in [3.63, 3.8) is 0 Å². The molecule has 38 heavy (non-hydrogen) atoms. The Morgan fingerprint density at radius 3 is 2.74 bits per heavy atom. The first-order valence-electron chi connectivity index (χ1n) is 12.1. The molecule has 0 saturated heterocycles. The van der Waals surface area contributed by atoms with Crippen molar-refractivity contribution in [1.29, 1.82) is 0 Å². The van der Waals surface area contributed by atoms with Crippen molar-refractivity contribution in [1.82, 2.24) is 15.0 Å². The Kier molecular flexibility index (Phi) is 7.23. The van der Waals surface area contributed by atoms with Crippen molar-refractivity contribution in [2.75, 3.05) is 10.8 Å². The predicted molar refractivity (Wildman–Crippen MR) is 146 cm³/mol. The topological polar surface area (TPSA) is 77.3 Å². The molecule has 2 heterocycles. The summed E-state index contributed by atoms with van der Waals surface area (Å²) in [6, 6.07) is 16.7. The van der Waals surface area contributed by atoms with Crippen LogP contribution in [0.1, 0.15) is 30.0 Å². The smallest absolute Gasteiger partial charge is 0.264 e. The summed E-state index contributed by atoms with van der Waals surface area (Å²) in [5.41, 5.74) is 2.87. The Morgan fingerprint density at radius 1 is 1.18 bits per heavy atom. The second kappa shape index (κ2) is 10.6. The second-order valence-electron chi connectivity index (χ2n) is 9.20. The number of allylic oxidation sites excluding steroid dienone is 1. The number of aromatic nitrogens is 3. The first-order valence-corrected chi connectivity index (χ1v) is 13.9. The van der Waals surface area contributed by atoms with E-state index in [2.05, 4.69) is 10.3 Å². The summed E-state index contributed by atoms with van der Waals surface area (Å²) in [4.78, 5) is 0.204. The van der Waals surface area contributed by atoms with Gasteiger partial charge >= 0.3 is 0 Å². The zero-order valence-electron chi connectivity index (χ0n) is 20.9. The number of hydrogen-bond acceptors (Lipinski definition) is 5. The summed E-state index contributed by atoms with van der Waals surface area (Å²) in [5.74, 6) is 0.0289. The zero-order chi connectivity index (χ0) is 26.9. The molecule has 0 radical (unpaired) electrons. The molecular formula is C28H26ClFN4O3S. The number of sulfonamides is 1. The van der Waals surface area contributed by atoms with Crippen LogP contribution in [-0.4, -0.2) is 36.1 Å². The summed E-state index contributed by atoms with van der Waals surface area (Å²) in [6.45, 7) is 4.28. The van der Waals surface area contributed by atoms with E-state index in [1.807, 2.05) is 19.1 Å². The van der Waals surface area contributed by atoms with Gasteiger partial charge in [0.05, 0.1) is 28.3 Å². The highest BCUT2D eigenvalue weighted by Crippen LogP contribution is 2.39. The molecule has 4 aromatic rings. The van der Waals surface area contributed by atoms with Gasteiger partial charge in [-0.1, -0.05) is 47.2 Å². The van der Waals surface area contributed by atoms with Gasteiger partial charge in [-0.2, -0.15) is 0 Å². The normalized spacial score (nSPS) is 15.7. The number of aryl methyl sites for hydroxylation is 2. The highest BCUT2D eigenvalue weighted by atomic mass is 35.5. The van der Waals surface area contributed by atoms with Crippen molar-refractivity contribution >= 4 is 39.0 Å². The van der Waals surface area contributed by atoms with Crippen LogP contribution in [0, 0.1) is 12.7 Å². The molecule has 0 aliphatic carbocycles. The van der Waals surface area contributed by atoms with Crippen molar-refractivity contribution < 1.29 is 17.5 Å². The maximum Gasteiger partial charge on any atom is 0.264 e. The van der Waals surface area contributed by atoms with Crippen LogP contribution in [0.4, 0.5) is 10.1 Å². The lowest BCUT2D eigenvalue weighted by Gasteiger charge is -2.35. The molecule has 1 aromatic heterocycles. The molecule has 0 N–H and O–H groups in total. The molecule has 0 amide bonds. The van der Waals surface area contributed by atoms with Gasteiger partial charge in [-0.3, -0.25) is 8.99 Å². The maximum atomic E-state index is 14.5. The zero-order valence-corrected chi connectivity index (χ0v) is 22.5. The summed E-state index contributed by atoms with van der Waals surface area (Å²) >= 11 is 6.25. The van der Waals surface area contributed by atoms with Crippen LogP contribution in [0.2, 0.25) is 5.02 Å². The van der Waals surface area contributed by atoms with Gasteiger partial charge in [0, 0.05) is 24.7 Å². The molecule has 0 saturated carbocycles. The number of benzene rings is 3. The Labute approximate surface area is 226 Å². The number of anilines is 1. The van der Waals surface area contributed by atoms with E-state index in [9.17, 15) is 12.8 Å². The van der Waals surface area contributed by atoms with Gasteiger partial charge in [-0.05, 0) is 66.9 Å². The Balaban J connectivity index is 1.54. The van der Waals surface area contributed by atoms with Gasteiger partial charge in [-0.15, -0.1) is 5.10 Å². The van der Waals surface area contributed by atoms with Crippen LogP contribution < -0.4 is 9.04 Å². The number of ether oxygens (including phenoxy) is 1. The van der Waals surface area contributed by atoms with E-state index in [1.165, 1.54) is 10.4 Å². The van der Waals surface area contributed by atoms with Crippen LogP contribution in [0.3, 0.4) is 0 Å². The molecule has 196 valence electrons. The average Bonchev–Trinajstić information content (AvgIpc) is 3.41. The van der Waals surface area contributed by atoms with Gasteiger partial charge in [0.25, 0.3) is 10.0 Å². The van der Waals surface area contributed by atoms with Gasteiger partial charge in [-0.25, -0.2) is 12.8 Å². The third-order valence-electron chi connectivity index (χ3n) is 6.38. The monoisotopic (exact) mass is 552 g/mol. The molecule has 0 fully saturated rings. The van der Waals surface area contributed by atoms with E-state index < -0.39 is 21.9 Å². The van der Waals surface area contributed by atoms with Crippen molar-refractivity contribution in [3.05, 3.63) is 101 Å². The minimum atomic E-state index is -3.90. The summed E-state index contributed by atoms with van der Waals surface area (Å²) in [7, 11) is -3.90. The van der Waals surface area contributed by atoms with E-state index in [1.54, 1.807) is 72.5 Å². The van der Waals surface area contributed by atoms with E-state index >= 15 is 0 Å². The third-order valence-corrected chi connectivity index (χ3v) is 8.48. The summed E-state index contributed by atoms with van der Waals surface area (Å²) in [5, 5.41) is 8.11. The van der Waals surface area contributed by atoms with Crippen molar-refractivity contribution in [3.8, 4) is 5.75 Å². The average molecular weight is 553 g/mol. The largest absolute Gasteiger partial charge is 0.486 e. The predicted octanol–water partition coefficient (Wildman–Crippen LogP) is 5.99. The molecule has 0 bridgehead atoms. The lowest BCUT2D eigenvalue weighted by Crippen LogP contribution is -2.44. The van der Waals surface area contributed by atoms with Gasteiger partial charge < -0.3 is 4.74 Å². The molecular weight excluding hydrogens is 527 g/mol. The second-order valence-corrected chi connectivity index (χ2v) is 11.5. The van der Waals surface area contributed by atoms with Crippen LogP contribution >= 0.6 is 11.6 Å². The number of nitrogens with zero attached hydrogens (tertiary/aromatic N) is 4. The standard InChI is InChI=1S/C28H26ClFN4O3S/c1-19-5-3-6-23(15-19)38(35,36)34-18-22(11-13-33-14-12-31-32-33)37-27-10-9-21(17-26(27)34)16-20(2)28-24(29)7-4-8-25(28)30/h3-10,12,14-17,22H,11,13,18H2,1-2H3/b20-16+/t22-/m0/s1. The van der Waals surface area contributed by atoms with E-state index in [4.69, 9.17) is 16.3 Å². The quantitative estimate of drug-likeness (QED) is 0.263. The fraction of sp³-hybridized carbons (Fsp3) is 0.214.